The van der Waals surface area contributed by atoms with Crippen molar-refractivity contribution < 1.29 is 9.59 Å². The van der Waals surface area contributed by atoms with Crippen molar-refractivity contribution in [3.8, 4) is 0 Å². The summed E-state index contributed by atoms with van der Waals surface area (Å²) in [4.78, 5) is 26.8. The number of hydrogen-bond acceptors (Lipinski definition) is 3. The lowest BCUT2D eigenvalue weighted by atomic mass is 10.1. The van der Waals surface area contributed by atoms with Crippen molar-refractivity contribution in [1.29, 1.82) is 0 Å². The first-order valence-electron chi connectivity index (χ1n) is 7.83. The van der Waals surface area contributed by atoms with E-state index in [1.54, 1.807) is 23.1 Å². The van der Waals surface area contributed by atoms with E-state index >= 15 is 0 Å². The fraction of sp³-hybridized carbons (Fsp3) is 0.500. The summed E-state index contributed by atoms with van der Waals surface area (Å²) >= 11 is 11.9. The third kappa shape index (κ3) is 3.79. The number of likely N-dealkylation sites (tertiary alicyclic amines) is 1. The molecule has 3 rings (SSSR count). The highest BCUT2D eigenvalue weighted by atomic mass is 35.5. The molecule has 0 radical (unpaired) electrons. The van der Waals surface area contributed by atoms with E-state index < -0.39 is 6.04 Å². The van der Waals surface area contributed by atoms with Crippen LogP contribution >= 0.6 is 23.2 Å². The number of amides is 2. The molecule has 124 valence electrons. The lowest BCUT2D eigenvalue weighted by molar-refractivity contribution is -0.125. The molecule has 0 spiro atoms. The topological polar surface area (TPSA) is 61.4 Å². The summed E-state index contributed by atoms with van der Waals surface area (Å²) in [6.07, 6.45) is 2.43. The molecular formula is C16H19Cl2N3O2. The molecule has 2 fully saturated rings. The van der Waals surface area contributed by atoms with E-state index in [-0.39, 0.29) is 17.9 Å². The van der Waals surface area contributed by atoms with E-state index in [0.717, 1.165) is 25.9 Å². The molecule has 2 N–H and O–H groups in total. The molecule has 0 saturated carbocycles. The van der Waals surface area contributed by atoms with Gasteiger partial charge in [-0.3, -0.25) is 9.59 Å². The number of carbonyl (C=O) groups excluding carboxylic acids is 2. The van der Waals surface area contributed by atoms with Gasteiger partial charge in [0.2, 0.25) is 5.91 Å². The summed E-state index contributed by atoms with van der Waals surface area (Å²) in [5.41, 5.74) is 0.421. The van der Waals surface area contributed by atoms with Gasteiger partial charge in [-0.1, -0.05) is 23.2 Å². The van der Waals surface area contributed by atoms with Crippen molar-refractivity contribution in [3.63, 3.8) is 0 Å². The zero-order valence-corrected chi connectivity index (χ0v) is 14.2. The van der Waals surface area contributed by atoms with Gasteiger partial charge in [0.15, 0.2) is 0 Å². The first-order valence-corrected chi connectivity index (χ1v) is 8.58. The van der Waals surface area contributed by atoms with E-state index in [2.05, 4.69) is 10.6 Å². The van der Waals surface area contributed by atoms with Gasteiger partial charge in [-0.2, -0.15) is 0 Å². The highest BCUT2D eigenvalue weighted by molar-refractivity contribution is 6.35. The minimum Gasteiger partial charge on any atom is -0.350 e. The monoisotopic (exact) mass is 355 g/mol. The van der Waals surface area contributed by atoms with Crippen LogP contribution in [0.25, 0.3) is 0 Å². The standard InChI is InChI=1S/C16H19Cl2N3O2/c17-11-6-10(7-12(18)8-11)16(23)21-5-1-2-14(21)15(22)20-13-3-4-19-9-13/h6-8,13-14,19H,1-5,9H2,(H,20,22). The van der Waals surface area contributed by atoms with Crippen LogP contribution in [0.1, 0.15) is 29.6 Å². The molecule has 2 aliphatic rings. The maximum atomic E-state index is 12.7. The molecular weight excluding hydrogens is 337 g/mol. The molecule has 2 unspecified atom stereocenters. The molecule has 2 heterocycles. The minimum atomic E-state index is -0.416. The molecule has 5 nitrogen and oxygen atoms in total. The number of benzene rings is 1. The molecule has 23 heavy (non-hydrogen) atoms. The summed E-state index contributed by atoms with van der Waals surface area (Å²) in [5.74, 6) is -0.269. The van der Waals surface area contributed by atoms with Crippen molar-refractivity contribution in [1.82, 2.24) is 15.5 Å². The van der Waals surface area contributed by atoms with Gasteiger partial charge in [-0.25, -0.2) is 0 Å². The van der Waals surface area contributed by atoms with Crippen molar-refractivity contribution in [2.75, 3.05) is 19.6 Å². The van der Waals surface area contributed by atoms with E-state index in [1.807, 2.05) is 0 Å². The molecule has 0 aromatic heterocycles. The van der Waals surface area contributed by atoms with Crippen molar-refractivity contribution in [3.05, 3.63) is 33.8 Å². The highest BCUT2D eigenvalue weighted by Crippen LogP contribution is 2.24. The van der Waals surface area contributed by atoms with Crippen LogP contribution in [0.4, 0.5) is 0 Å². The fourth-order valence-corrected chi connectivity index (χ4v) is 3.73. The lowest BCUT2D eigenvalue weighted by Gasteiger charge is -2.25. The maximum absolute atomic E-state index is 12.7. The van der Waals surface area contributed by atoms with Gasteiger partial charge in [-0.15, -0.1) is 0 Å². The van der Waals surface area contributed by atoms with Gasteiger partial charge in [-0.05, 0) is 44.0 Å². The summed E-state index contributed by atoms with van der Waals surface area (Å²) in [5, 5.41) is 7.08. The third-order valence-corrected chi connectivity index (χ3v) is 4.77. The van der Waals surface area contributed by atoms with Crippen LogP contribution in [0.2, 0.25) is 10.0 Å². The Kier molecular flexibility index (Phi) is 5.09. The van der Waals surface area contributed by atoms with Crippen molar-refractivity contribution in [2.24, 2.45) is 0 Å². The quantitative estimate of drug-likeness (QED) is 0.872. The smallest absolute Gasteiger partial charge is 0.254 e. The Morgan fingerprint density at radius 1 is 1.17 bits per heavy atom. The SMILES string of the molecule is O=C(NC1CCNC1)C1CCCN1C(=O)c1cc(Cl)cc(Cl)c1. The second kappa shape index (κ2) is 7.07. The second-order valence-electron chi connectivity index (χ2n) is 6.01. The molecule has 2 amide bonds. The van der Waals surface area contributed by atoms with Gasteiger partial charge >= 0.3 is 0 Å². The Labute approximate surface area is 145 Å². The number of hydrogen-bond donors (Lipinski definition) is 2. The first kappa shape index (κ1) is 16.6. The molecule has 2 atom stereocenters. The van der Waals surface area contributed by atoms with Crippen LogP contribution in [-0.2, 0) is 4.79 Å². The minimum absolute atomic E-state index is 0.0716. The Morgan fingerprint density at radius 2 is 1.91 bits per heavy atom. The van der Waals surface area contributed by atoms with Gasteiger partial charge in [0, 0.05) is 34.7 Å². The molecule has 1 aromatic rings. The van der Waals surface area contributed by atoms with Crippen LogP contribution in [-0.4, -0.2) is 48.4 Å². The average Bonchev–Trinajstić information content (AvgIpc) is 3.16. The Morgan fingerprint density at radius 3 is 2.57 bits per heavy atom. The molecule has 0 bridgehead atoms. The number of nitrogens with one attached hydrogen (secondary N) is 2. The number of halogens is 2. The zero-order chi connectivity index (χ0) is 16.4. The zero-order valence-electron chi connectivity index (χ0n) is 12.6. The Bertz CT molecular complexity index is 597. The number of nitrogens with zero attached hydrogens (tertiary/aromatic N) is 1. The highest BCUT2D eigenvalue weighted by Gasteiger charge is 2.35. The molecule has 1 aromatic carbocycles. The van der Waals surface area contributed by atoms with E-state index in [9.17, 15) is 9.59 Å². The van der Waals surface area contributed by atoms with E-state index in [4.69, 9.17) is 23.2 Å². The predicted molar refractivity (Wildman–Crippen MR) is 89.9 cm³/mol. The van der Waals surface area contributed by atoms with E-state index in [1.165, 1.54) is 0 Å². The Hall–Kier alpha value is -1.30. The van der Waals surface area contributed by atoms with Crippen LogP contribution in [0, 0.1) is 0 Å². The largest absolute Gasteiger partial charge is 0.350 e. The van der Waals surface area contributed by atoms with E-state index in [0.29, 0.717) is 28.6 Å². The summed E-state index contributed by atoms with van der Waals surface area (Å²) in [6.45, 7) is 2.28. The lowest BCUT2D eigenvalue weighted by Crippen LogP contribution is -2.49. The molecule has 7 heteroatoms. The molecule has 2 saturated heterocycles. The second-order valence-corrected chi connectivity index (χ2v) is 6.89. The van der Waals surface area contributed by atoms with Crippen LogP contribution in [0.3, 0.4) is 0 Å². The van der Waals surface area contributed by atoms with Gasteiger partial charge in [0.25, 0.3) is 5.91 Å². The van der Waals surface area contributed by atoms with Gasteiger partial charge < -0.3 is 15.5 Å². The summed E-state index contributed by atoms with van der Waals surface area (Å²) in [7, 11) is 0. The van der Waals surface area contributed by atoms with Gasteiger partial charge in [0.1, 0.15) is 6.04 Å². The van der Waals surface area contributed by atoms with Crippen LogP contribution in [0.15, 0.2) is 18.2 Å². The Balaban J connectivity index is 1.72. The molecule has 0 aliphatic carbocycles. The third-order valence-electron chi connectivity index (χ3n) is 4.33. The normalized spacial score (nSPS) is 24.0. The van der Waals surface area contributed by atoms with Gasteiger partial charge in [0.05, 0.1) is 0 Å². The number of carbonyl (C=O) groups is 2. The van der Waals surface area contributed by atoms with Crippen molar-refractivity contribution >= 4 is 35.0 Å². The summed E-state index contributed by atoms with van der Waals surface area (Å²) in [6, 6.07) is 4.50. The van der Waals surface area contributed by atoms with Crippen LogP contribution in [0.5, 0.6) is 0 Å². The van der Waals surface area contributed by atoms with Crippen molar-refractivity contribution in [2.45, 2.75) is 31.3 Å². The summed E-state index contributed by atoms with van der Waals surface area (Å²) < 4.78 is 0. The van der Waals surface area contributed by atoms with Crippen LogP contribution < -0.4 is 10.6 Å². The predicted octanol–water partition coefficient (Wildman–Crippen LogP) is 2.08. The first-order chi connectivity index (χ1) is 11.0. The fourth-order valence-electron chi connectivity index (χ4n) is 3.20. The average molecular weight is 356 g/mol. The maximum Gasteiger partial charge on any atom is 0.254 e. The molecule has 2 aliphatic heterocycles. The number of rotatable bonds is 3.